The lowest BCUT2D eigenvalue weighted by Crippen LogP contribution is -2.44. The Morgan fingerprint density at radius 3 is 2.65 bits per heavy atom. The van der Waals surface area contributed by atoms with Crippen LogP contribution in [0.4, 0.5) is 4.39 Å². The second-order valence-corrected chi connectivity index (χ2v) is 11.6. The molecule has 200 valence electrons. The van der Waals surface area contributed by atoms with Crippen LogP contribution in [0.3, 0.4) is 0 Å². The summed E-state index contributed by atoms with van der Waals surface area (Å²) in [5.74, 6) is -6.39. The molecule has 37 heavy (non-hydrogen) atoms. The van der Waals surface area contributed by atoms with Crippen molar-refractivity contribution in [3.05, 3.63) is 42.2 Å². The number of carbonyl (C=O) groups is 3. The number of benzene rings is 1. The molecule has 3 saturated carbocycles. The average Bonchev–Trinajstić information content (AvgIpc) is 3.58. The zero-order chi connectivity index (χ0) is 26.5. The summed E-state index contributed by atoms with van der Waals surface area (Å²) in [4.78, 5) is 38.3. The van der Waals surface area contributed by atoms with Crippen LogP contribution in [0.1, 0.15) is 42.5 Å². The molecule has 1 saturated heterocycles. The van der Waals surface area contributed by atoms with Gasteiger partial charge >= 0.3 is 17.9 Å². The van der Waals surface area contributed by atoms with Gasteiger partial charge in [0.2, 0.25) is 0 Å². The first-order chi connectivity index (χ1) is 17.5. The maximum atomic E-state index is 14.5. The van der Waals surface area contributed by atoms with Crippen molar-refractivity contribution in [1.29, 1.82) is 0 Å². The Kier molecular flexibility index (Phi) is 6.51. The number of ether oxygens (including phenoxy) is 4. The van der Waals surface area contributed by atoms with E-state index in [1.165, 1.54) is 12.1 Å². The van der Waals surface area contributed by atoms with E-state index in [2.05, 4.69) is 6.58 Å². The van der Waals surface area contributed by atoms with Gasteiger partial charge in [0.25, 0.3) is 10.1 Å². The van der Waals surface area contributed by atoms with Crippen molar-refractivity contribution in [1.82, 2.24) is 0 Å². The zero-order valence-electron chi connectivity index (χ0n) is 19.8. The molecule has 1 aliphatic heterocycles. The largest absolute Gasteiger partial charge is 0.480 e. The molecular weight excluding hydrogens is 511 g/mol. The summed E-state index contributed by atoms with van der Waals surface area (Å²) in [6, 6.07) is 3.63. The summed E-state index contributed by atoms with van der Waals surface area (Å²) in [7, 11) is -4.33. The quantitative estimate of drug-likeness (QED) is 0.216. The lowest BCUT2D eigenvalue weighted by atomic mass is 9.78. The fraction of sp³-hybridized carbons (Fsp3) is 0.560. The van der Waals surface area contributed by atoms with E-state index in [0.29, 0.717) is 19.3 Å². The Morgan fingerprint density at radius 2 is 1.97 bits per heavy atom. The van der Waals surface area contributed by atoms with Crippen LogP contribution in [0.15, 0.2) is 30.9 Å². The molecule has 1 aromatic carbocycles. The fourth-order valence-electron chi connectivity index (χ4n) is 6.25. The van der Waals surface area contributed by atoms with Gasteiger partial charge in [-0.1, -0.05) is 6.58 Å². The first-order valence-corrected chi connectivity index (χ1v) is 13.8. The van der Waals surface area contributed by atoms with Crippen molar-refractivity contribution in [2.24, 2.45) is 23.7 Å². The molecule has 3 aliphatic carbocycles. The van der Waals surface area contributed by atoms with Gasteiger partial charge in [0.1, 0.15) is 30.2 Å². The molecule has 0 amide bonds. The van der Waals surface area contributed by atoms with Gasteiger partial charge in [-0.05, 0) is 56.4 Å². The van der Waals surface area contributed by atoms with E-state index in [-0.39, 0.29) is 17.2 Å². The van der Waals surface area contributed by atoms with Crippen LogP contribution in [0.2, 0.25) is 0 Å². The number of fused-ring (bicyclic) bond motifs is 1. The number of rotatable bonds is 9. The highest BCUT2D eigenvalue weighted by Gasteiger charge is 2.70. The monoisotopic (exact) mass is 538 g/mol. The van der Waals surface area contributed by atoms with Gasteiger partial charge in [0.15, 0.2) is 11.6 Å². The highest BCUT2D eigenvalue weighted by molar-refractivity contribution is 7.85. The Labute approximate surface area is 212 Å². The van der Waals surface area contributed by atoms with Gasteiger partial charge in [-0.3, -0.25) is 14.1 Å². The van der Waals surface area contributed by atoms with Crippen LogP contribution in [-0.2, 0) is 33.9 Å². The second kappa shape index (κ2) is 9.39. The van der Waals surface area contributed by atoms with Gasteiger partial charge in [-0.2, -0.15) is 8.42 Å². The predicted octanol–water partition coefficient (Wildman–Crippen LogP) is 2.47. The number of carbonyl (C=O) groups excluding carboxylic acids is 3. The van der Waals surface area contributed by atoms with E-state index in [0.717, 1.165) is 18.9 Å². The topological polar surface area (TPSA) is 142 Å². The first kappa shape index (κ1) is 25.7. The molecule has 2 bridgehead atoms. The molecule has 0 radical (unpaired) electrons. The van der Waals surface area contributed by atoms with Crippen molar-refractivity contribution in [3.8, 4) is 5.75 Å². The van der Waals surface area contributed by atoms with Crippen molar-refractivity contribution in [3.63, 3.8) is 0 Å². The molecule has 4 fully saturated rings. The number of halogens is 1. The molecule has 10 nitrogen and oxygen atoms in total. The van der Waals surface area contributed by atoms with E-state index < -0.39 is 81.8 Å². The summed E-state index contributed by atoms with van der Waals surface area (Å²) >= 11 is 0. The van der Waals surface area contributed by atoms with Crippen LogP contribution in [0.5, 0.6) is 5.75 Å². The van der Waals surface area contributed by atoms with Crippen molar-refractivity contribution in [2.45, 2.75) is 49.9 Å². The molecule has 5 rings (SSSR count). The minimum Gasteiger partial charge on any atom is -0.480 e. The van der Waals surface area contributed by atoms with Crippen molar-refractivity contribution in [2.75, 3.05) is 12.4 Å². The molecule has 12 heteroatoms. The molecule has 1 heterocycles. The molecule has 1 aromatic rings. The summed E-state index contributed by atoms with van der Waals surface area (Å²) in [5, 5.41) is 0. The third-order valence-corrected chi connectivity index (χ3v) is 8.63. The van der Waals surface area contributed by atoms with Crippen molar-refractivity contribution < 1.29 is 50.7 Å². The van der Waals surface area contributed by atoms with Crippen LogP contribution in [0.25, 0.3) is 0 Å². The molecule has 0 spiro atoms. The lowest BCUT2D eigenvalue weighted by molar-refractivity contribution is -0.155. The lowest BCUT2D eigenvalue weighted by Gasteiger charge is -2.30. The van der Waals surface area contributed by atoms with E-state index >= 15 is 0 Å². The predicted molar refractivity (Wildman–Crippen MR) is 123 cm³/mol. The Hall–Kier alpha value is -2.99. The van der Waals surface area contributed by atoms with Crippen molar-refractivity contribution >= 4 is 28.0 Å². The fourth-order valence-corrected chi connectivity index (χ4v) is 6.55. The molecule has 6 unspecified atom stereocenters. The van der Waals surface area contributed by atoms with Gasteiger partial charge in [0.05, 0.1) is 17.4 Å². The number of hydrogen-bond acceptors (Lipinski definition) is 9. The third kappa shape index (κ3) is 4.72. The Bertz CT molecular complexity index is 1240. The van der Waals surface area contributed by atoms with Crippen LogP contribution in [0, 0.1) is 29.5 Å². The molecular formula is C25H27FO10S. The highest BCUT2D eigenvalue weighted by Crippen LogP contribution is 2.59. The number of esters is 3. The smallest absolute Gasteiger partial charge is 0.338 e. The molecule has 0 aromatic heterocycles. The van der Waals surface area contributed by atoms with Crippen LogP contribution >= 0.6 is 0 Å². The van der Waals surface area contributed by atoms with E-state index in [1.54, 1.807) is 6.08 Å². The first-order valence-electron chi connectivity index (χ1n) is 12.2. The SMILES string of the molecule is C=CC1(Oc2cc(C(=O)OC3C4CC5C3OC(=O)C5C4C(=O)OCCS(=O)(=O)O)ccc2F)CCCC1. The van der Waals surface area contributed by atoms with Crippen LogP contribution in [-0.4, -0.2) is 61.0 Å². The number of hydrogen-bond donors (Lipinski definition) is 1. The van der Waals surface area contributed by atoms with Crippen LogP contribution < -0.4 is 4.74 Å². The Morgan fingerprint density at radius 1 is 1.24 bits per heavy atom. The summed E-state index contributed by atoms with van der Waals surface area (Å²) < 4.78 is 67.3. The summed E-state index contributed by atoms with van der Waals surface area (Å²) in [6.07, 6.45) is 3.60. The minimum absolute atomic E-state index is 0.0320. The molecule has 6 atom stereocenters. The van der Waals surface area contributed by atoms with Gasteiger partial charge in [0, 0.05) is 11.8 Å². The minimum atomic E-state index is -4.33. The molecule has 1 N–H and O–H groups in total. The second-order valence-electron chi connectivity index (χ2n) is 10.1. The normalized spacial score (nSPS) is 31.1. The maximum Gasteiger partial charge on any atom is 0.338 e. The summed E-state index contributed by atoms with van der Waals surface area (Å²) in [6.45, 7) is 3.23. The van der Waals surface area contributed by atoms with Gasteiger partial charge < -0.3 is 18.9 Å². The summed E-state index contributed by atoms with van der Waals surface area (Å²) in [5.41, 5.74) is -0.672. The average molecular weight is 539 g/mol. The Balaban J connectivity index is 1.31. The van der Waals surface area contributed by atoms with E-state index in [4.69, 9.17) is 23.5 Å². The molecule has 4 aliphatic rings. The maximum absolute atomic E-state index is 14.5. The third-order valence-electron chi connectivity index (χ3n) is 7.95. The van der Waals surface area contributed by atoms with Gasteiger partial charge in [-0.25, -0.2) is 9.18 Å². The van der Waals surface area contributed by atoms with E-state index in [9.17, 15) is 27.2 Å². The van der Waals surface area contributed by atoms with E-state index in [1.807, 2.05) is 0 Å². The standard InChI is InChI=1S/C25H27FO10S/c1-2-25(7-3-4-8-25)36-17-11-13(5-6-16(17)26)22(27)34-20-14-12-15-19(24(29)35-21(15)20)18(14)23(28)33-9-10-37(30,31)32/h2,5-6,11,14-15,18-21H,1,3-4,7-10,12H2,(H,30,31,32). The van der Waals surface area contributed by atoms with Gasteiger partial charge in [-0.15, -0.1) is 0 Å². The highest BCUT2D eigenvalue weighted by atomic mass is 32.2. The zero-order valence-corrected chi connectivity index (χ0v) is 20.7.